The highest BCUT2D eigenvalue weighted by atomic mass is 32.2. The van der Waals surface area contributed by atoms with Gasteiger partial charge in [0.1, 0.15) is 16.9 Å². The zero-order valence-electron chi connectivity index (χ0n) is 17.7. The number of hydrogen-bond acceptors (Lipinski definition) is 7. The van der Waals surface area contributed by atoms with E-state index < -0.39 is 32.1 Å². The predicted molar refractivity (Wildman–Crippen MR) is 118 cm³/mol. The zero-order valence-corrected chi connectivity index (χ0v) is 19.4. The maximum atomic E-state index is 14.6. The SMILES string of the molecule is O=C(Cc1ncc(F)s1)[C@H](CC1CCOCC1)n1ncc2c(S(=O)(=O)C3CC3)cc(F)cc21. The van der Waals surface area contributed by atoms with E-state index in [2.05, 4.69) is 10.1 Å². The first-order valence-corrected chi connectivity index (χ1v) is 13.3. The number of ketones is 1. The van der Waals surface area contributed by atoms with Crippen LogP contribution in [-0.2, 0) is 25.8 Å². The molecule has 0 N–H and O–H groups in total. The predicted octanol–water partition coefficient (Wildman–Crippen LogP) is 3.88. The number of thiazole rings is 1. The van der Waals surface area contributed by atoms with Crippen molar-refractivity contribution in [2.75, 3.05) is 13.2 Å². The summed E-state index contributed by atoms with van der Waals surface area (Å²) in [6.45, 7) is 1.20. The summed E-state index contributed by atoms with van der Waals surface area (Å²) in [5.74, 6) is -0.720. The van der Waals surface area contributed by atoms with E-state index in [-0.39, 0.29) is 28.5 Å². The molecule has 7 nitrogen and oxygen atoms in total. The van der Waals surface area contributed by atoms with Gasteiger partial charge in [0.05, 0.1) is 34.5 Å². The van der Waals surface area contributed by atoms with Gasteiger partial charge in [0.25, 0.3) is 0 Å². The fourth-order valence-electron chi connectivity index (χ4n) is 4.42. The summed E-state index contributed by atoms with van der Waals surface area (Å²) in [5.41, 5.74) is 0.268. The molecule has 0 unspecified atom stereocenters. The van der Waals surface area contributed by atoms with Gasteiger partial charge in [-0.25, -0.2) is 17.8 Å². The molecule has 5 rings (SSSR count). The average molecular weight is 496 g/mol. The second kappa shape index (κ2) is 8.84. The fourth-order valence-corrected chi connectivity index (χ4v) is 6.93. The van der Waals surface area contributed by atoms with Crippen LogP contribution in [-0.4, -0.2) is 47.4 Å². The zero-order chi connectivity index (χ0) is 23.2. The summed E-state index contributed by atoms with van der Waals surface area (Å²) in [6, 6.07) is 1.51. The second-order valence-corrected chi connectivity index (χ2v) is 11.9. The quantitative estimate of drug-likeness (QED) is 0.471. The third-order valence-electron chi connectivity index (χ3n) is 6.33. The Balaban J connectivity index is 1.55. The number of carbonyl (C=O) groups excluding carboxylic acids is 1. The van der Waals surface area contributed by atoms with Gasteiger partial charge in [0, 0.05) is 18.6 Å². The lowest BCUT2D eigenvalue weighted by Gasteiger charge is -2.26. The molecular formula is C22H23F2N3O4S2. The summed E-state index contributed by atoms with van der Waals surface area (Å²) in [5, 5.41) is 4.07. The molecular weight excluding hydrogens is 472 g/mol. The highest BCUT2D eigenvalue weighted by Gasteiger charge is 2.39. The van der Waals surface area contributed by atoms with Gasteiger partial charge in [-0.05, 0) is 50.2 Å². The number of ether oxygens (including phenoxy) is 1. The number of nitrogens with zero attached hydrogens (tertiary/aromatic N) is 3. The fraction of sp³-hybridized carbons (Fsp3) is 0.500. The van der Waals surface area contributed by atoms with Crippen LogP contribution in [0, 0.1) is 16.9 Å². The number of hydrogen-bond donors (Lipinski definition) is 0. The van der Waals surface area contributed by atoms with Crippen molar-refractivity contribution < 1.29 is 26.7 Å². The molecule has 3 heterocycles. The molecule has 11 heteroatoms. The van der Waals surface area contributed by atoms with E-state index in [0.717, 1.165) is 36.4 Å². The largest absolute Gasteiger partial charge is 0.381 e. The Morgan fingerprint density at radius 1 is 1.18 bits per heavy atom. The molecule has 1 aliphatic carbocycles. The van der Waals surface area contributed by atoms with Crippen molar-refractivity contribution in [3.63, 3.8) is 0 Å². The van der Waals surface area contributed by atoms with Crippen LogP contribution in [0.1, 0.15) is 43.2 Å². The summed E-state index contributed by atoms with van der Waals surface area (Å²) < 4.78 is 60.7. The van der Waals surface area contributed by atoms with Gasteiger partial charge in [0.2, 0.25) is 0 Å². The smallest absolute Gasteiger partial charge is 0.196 e. The molecule has 2 fully saturated rings. The monoisotopic (exact) mass is 495 g/mol. The minimum atomic E-state index is -3.67. The van der Waals surface area contributed by atoms with Crippen LogP contribution in [0.3, 0.4) is 0 Å². The Kier molecular flexibility index (Phi) is 6.04. The molecule has 1 aliphatic heterocycles. The van der Waals surface area contributed by atoms with Gasteiger partial charge in [-0.15, -0.1) is 0 Å². The van der Waals surface area contributed by atoms with Gasteiger partial charge in [-0.1, -0.05) is 11.3 Å². The topological polar surface area (TPSA) is 91.2 Å². The molecule has 0 spiro atoms. The lowest BCUT2D eigenvalue weighted by molar-refractivity contribution is -0.122. The van der Waals surface area contributed by atoms with E-state index in [9.17, 15) is 22.0 Å². The van der Waals surface area contributed by atoms with E-state index >= 15 is 0 Å². The molecule has 2 aromatic heterocycles. The minimum Gasteiger partial charge on any atom is -0.381 e. The van der Waals surface area contributed by atoms with Crippen molar-refractivity contribution in [3.05, 3.63) is 40.5 Å². The highest BCUT2D eigenvalue weighted by Crippen LogP contribution is 2.38. The molecule has 2 aliphatic rings. The molecule has 176 valence electrons. The summed E-state index contributed by atoms with van der Waals surface area (Å²) in [7, 11) is -3.67. The van der Waals surface area contributed by atoms with Crippen molar-refractivity contribution in [3.8, 4) is 0 Å². The van der Waals surface area contributed by atoms with Crippen molar-refractivity contribution >= 4 is 37.9 Å². The summed E-state index contributed by atoms with van der Waals surface area (Å²) in [4.78, 5) is 17.2. The molecule has 1 aromatic carbocycles. The maximum Gasteiger partial charge on any atom is 0.196 e. The number of halogens is 2. The van der Waals surface area contributed by atoms with E-state index in [4.69, 9.17) is 4.74 Å². The second-order valence-electron chi connectivity index (χ2n) is 8.68. The van der Waals surface area contributed by atoms with E-state index in [1.807, 2.05) is 0 Å². The van der Waals surface area contributed by atoms with Crippen LogP contribution in [0.4, 0.5) is 8.78 Å². The van der Waals surface area contributed by atoms with Crippen LogP contribution in [0.15, 0.2) is 29.4 Å². The highest BCUT2D eigenvalue weighted by molar-refractivity contribution is 7.92. The van der Waals surface area contributed by atoms with Crippen LogP contribution in [0.2, 0.25) is 0 Å². The number of Topliss-reactive ketones (excluding diaryl/α,β-unsaturated/α-hetero) is 1. The van der Waals surface area contributed by atoms with Crippen molar-refractivity contribution in [2.45, 2.75) is 54.7 Å². The van der Waals surface area contributed by atoms with E-state index in [0.29, 0.717) is 42.9 Å². The molecule has 0 bridgehead atoms. The van der Waals surface area contributed by atoms with Gasteiger partial charge in [-0.3, -0.25) is 9.48 Å². The minimum absolute atomic E-state index is 0.0770. The Hall–Kier alpha value is -2.24. The normalized spacial score (nSPS) is 18.6. The van der Waals surface area contributed by atoms with Crippen LogP contribution in [0.5, 0.6) is 0 Å². The number of carbonyl (C=O) groups is 1. The maximum absolute atomic E-state index is 14.6. The summed E-state index contributed by atoms with van der Waals surface area (Å²) in [6.07, 6.45) is 5.54. The van der Waals surface area contributed by atoms with Gasteiger partial charge in [0.15, 0.2) is 20.8 Å². The first-order valence-electron chi connectivity index (χ1n) is 10.9. The third-order valence-corrected chi connectivity index (χ3v) is 9.41. The molecule has 0 radical (unpaired) electrons. The lowest BCUT2D eigenvalue weighted by atomic mass is 9.90. The average Bonchev–Trinajstić information content (AvgIpc) is 3.47. The van der Waals surface area contributed by atoms with Crippen molar-refractivity contribution in [1.29, 1.82) is 0 Å². The summed E-state index contributed by atoms with van der Waals surface area (Å²) >= 11 is 0.811. The number of sulfone groups is 1. The molecule has 0 amide bonds. The first kappa shape index (κ1) is 22.5. The van der Waals surface area contributed by atoms with Crippen molar-refractivity contribution in [1.82, 2.24) is 14.8 Å². The first-order chi connectivity index (χ1) is 15.8. The number of rotatable bonds is 8. The Bertz CT molecular complexity index is 1290. The van der Waals surface area contributed by atoms with Crippen molar-refractivity contribution in [2.24, 2.45) is 5.92 Å². The van der Waals surface area contributed by atoms with E-state index in [1.165, 1.54) is 16.9 Å². The van der Waals surface area contributed by atoms with Gasteiger partial charge < -0.3 is 4.74 Å². The van der Waals surface area contributed by atoms with Crippen LogP contribution >= 0.6 is 11.3 Å². The standard InChI is InChI=1S/C22H23F2N3O4S2/c23-14-8-17-16(20(9-14)33(29,30)15-1-2-15)11-26-27(17)18(7-13-3-5-31-6-4-13)19(28)10-22-25-12-21(24)32-22/h8-9,11-13,15,18H,1-7,10H2/t18-/m0/s1. The number of benzene rings is 1. The van der Waals surface area contributed by atoms with Gasteiger partial charge in [-0.2, -0.15) is 9.49 Å². The van der Waals surface area contributed by atoms with Gasteiger partial charge >= 0.3 is 0 Å². The van der Waals surface area contributed by atoms with E-state index in [1.54, 1.807) is 0 Å². The lowest BCUT2D eigenvalue weighted by Crippen LogP contribution is -2.27. The Morgan fingerprint density at radius 2 is 1.94 bits per heavy atom. The molecule has 1 atom stereocenters. The molecule has 3 aromatic rings. The molecule has 33 heavy (non-hydrogen) atoms. The Labute approximate surface area is 193 Å². The Morgan fingerprint density at radius 3 is 2.61 bits per heavy atom. The number of aromatic nitrogens is 3. The third kappa shape index (κ3) is 4.58. The molecule has 1 saturated heterocycles. The number of fused-ring (bicyclic) bond motifs is 1. The van der Waals surface area contributed by atoms with Crippen LogP contribution < -0.4 is 0 Å². The van der Waals surface area contributed by atoms with Crippen LogP contribution in [0.25, 0.3) is 10.9 Å². The molecule has 1 saturated carbocycles.